The highest BCUT2D eigenvalue weighted by Gasteiger charge is 2.20. The van der Waals surface area contributed by atoms with Crippen LogP contribution in [0, 0.1) is 0 Å². The van der Waals surface area contributed by atoms with E-state index in [2.05, 4.69) is 88.0 Å². The van der Waals surface area contributed by atoms with Crippen LogP contribution in [0.15, 0.2) is 53.6 Å². The maximum absolute atomic E-state index is 5.76. The highest BCUT2D eigenvalue weighted by Crippen LogP contribution is 2.36. The first kappa shape index (κ1) is 24.4. The van der Waals surface area contributed by atoms with Gasteiger partial charge in [0, 0.05) is 16.7 Å². The van der Waals surface area contributed by atoms with Crippen molar-refractivity contribution in [1.29, 1.82) is 0 Å². The average molecular weight is 504 g/mol. The summed E-state index contributed by atoms with van der Waals surface area (Å²) in [7, 11) is 3.89. The SMILES string of the molecule is COc1cc(C2CCCN(C)C2)ccc1Nc1nc(Nc2ccccc2SC(C)C)c2cn[nH]c2n1. The molecule has 36 heavy (non-hydrogen) atoms. The summed E-state index contributed by atoms with van der Waals surface area (Å²) < 4.78 is 5.76. The molecule has 4 aromatic rings. The van der Waals surface area contributed by atoms with Gasteiger partial charge in [0.2, 0.25) is 5.95 Å². The van der Waals surface area contributed by atoms with Crippen LogP contribution in [0.2, 0.25) is 0 Å². The number of hydrogen-bond acceptors (Lipinski definition) is 8. The Morgan fingerprint density at radius 1 is 1.11 bits per heavy atom. The van der Waals surface area contributed by atoms with E-state index in [0.717, 1.165) is 35.6 Å². The van der Waals surface area contributed by atoms with Gasteiger partial charge >= 0.3 is 0 Å². The molecule has 0 amide bonds. The van der Waals surface area contributed by atoms with E-state index in [-0.39, 0.29) is 0 Å². The monoisotopic (exact) mass is 503 g/mol. The van der Waals surface area contributed by atoms with Crippen LogP contribution in [0.3, 0.4) is 0 Å². The number of para-hydroxylation sites is 1. The third-order valence-electron chi connectivity index (χ3n) is 6.38. The summed E-state index contributed by atoms with van der Waals surface area (Å²) in [5, 5.41) is 15.3. The average Bonchev–Trinajstić information content (AvgIpc) is 3.34. The van der Waals surface area contributed by atoms with Crippen molar-refractivity contribution < 1.29 is 4.74 Å². The topological polar surface area (TPSA) is 91.0 Å². The number of methoxy groups -OCH3 is 1. The number of likely N-dealkylation sites (tertiary alicyclic amines) is 1. The summed E-state index contributed by atoms with van der Waals surface area (Å²) >= 11 is 1.81. The van der Waals surface area contributed by atoms with Gasteiger partial charge in [-0.1, -0.05) is 32.0 Å². The van der Waals surface area contributed by atoms with Crippen LogP contribution in [0.1, 0.15) is 38.2 Å². The molecule has 9 heteroatoms. The maximum Gasteiger partial charge on any atom is 0.231 e. The lowest BCUT2D eigenvalue weighted by atomic mass is 9.90. The van der Waals surface area contributed by atoms with Crippen molar-refractivity contribution in [3.63, 3.8) is 0 Å². The second-order valence-corrected chi connectivity index (χ2v) is 11.1. The van der Waals surface area contributed by atoms with Crippen molar-refractivity contribution in [3.8, 4) is 5.75 Å². The molecule has 5 rings (SSSR count). The third kappa shape index (κ3) is 5.42. The van der Waals surface area contributed by atoms with Crippen LogP contribution in [-0.2, 0) is 0 Å². The Kier molecular flexibility index (Phi) is 7.29. The Morgan fingerprint density at radius 2 is 1.97 bits per heavy atom. The first-order valence-corrected chi connectivity index (χ1v) is 13.3. The summed E-state index contributed by atoms with van der Waals surface area (Å²) in [6.07, 6.45) is 4.16. The van der Waals surface area contributed by atoms with Gasteiger partial charge in [-0.3, -0.25) is 5.10 Å². The lowest BCUT2D eigenvalue weighted by molar-refractivity contribution is 0.250. The first-order chi connectivity index (χ1) is 17.5. The van der Waals surface area contributed by atoms with Crippen LogP contribution >= 0.6 is 11.8 Å². The Bertz CT molecular complexity index is 1340. The van der Waals surface area contributed by atoms with Crippen molar-refractivity contribution in [3.05, 3.63) is 54.2 Å². The molecule has 3 heterocycles. The molecule has 0 saturated carbocycles. The highest BCUT2D eigenvalue weighted by atomic mass is 32.2. The van der Waals surface area contributed by atoms with Crippen LogP contribution < -0.4 is 15.4 Å². The molecule has 188 valence electrons. The Balaban J connectivity index is 1.44. The van der Waals surface area contributed by atoms with E-state index < -0.39 is 0 Å². The molecule has 0 radical (unpaired) electrons. The normalized spacial score (nSPS) is 16.4. The molecule has 1 atom stereocenters. The van der Waals surface area contributed by atoms with Gasteiger partial charge in [-0.05, 0) is 62.2 Å². The summed E-state index contributed by atoms with van der Waals surface area (Å²) in [5.74, 6) is 2.45. The smallest absolute Gasteiger partial charge is 0.231 e. The number of benzene rings is 2. The van der Waals surface area contributed by atoms with Crippen molar-refractivity contribution in [1.82, 2.24) is 25.1 Å². The number of nitrogens with zero attached hydrogens (tertiary/aromatic N) is 4. The number of H-pyrrole nitrogens is 1. The van der Waals surface area contributed by atoms with Crippen LogP contribution in [0.5, 0.6) is 5.75 Å². The number of rotatable bonds is 8. The van der Waals surface area contributed by atoms with Crippen LogP contribution in [-0.4, -0.2) is 57.6 Å². The second kappa shape index (κ2) is 10.8. The Morgan fingerprint density at radius 3 is 2.78 bits per heavy atom. The van der Waals surface area contributed by atoms with E-state index in [9.17, 15) is 0 Å². The number of ether oxygens (including phenoxy) is 1. The fourth-order valence-corrected chi connectivity index (χ4v) is 5.58. The quantitative estimate of drug-likeness (QED) is 0.246. The molecule has 1 fully saturated rings. The van der Waals surface area contributed by atoms with Crippen molar-refractivity contribution in [2.24, 2.45) is 0 Å². The molecule has 8 nitrogen and oxygen atoms in total. The number of aromatic amines is 1. The molecule has 0 spiro atoms. The van der Waals surface area contributed by atoms with Crippen LogP contribution in [0.25, 0.3) is 11.0 Å². The zero-order chi connectivity index (χ0) is 25.1. The molecular formula is C27H33N7OS. The standard InChI is InChI=1S/C27H33N7OS/c1-17(2)36-24-10-6-5-9-22(24)29-25-20-15-28-33-26(20)32-27(31-25)30-21-12-11-18(14-23(21)35-4)19-8-7-13-34(3)16-19/h5-6,9-12,14-15,17,19H,7-8,13,16H2,1-4H3,(H3,28,29,30,31,32,33). The Labute approximate surface area is 216 Å². The minimum absolute atomic E-state index is 0.465. The lowest BCUT2D eigenvalue weighted by Gasteiger charge is -2.30. The fourth-order valence-electron chi connectivity index (χ4n) is 4.66. The minimum atomic E-state index is 0.465. The molecule has 2 aromatic heterocycles. The zero-order valence-corrected chi connectivity index (χ0v) is 22.0. The van der Waals surface area contributed by atoms with Crippen molar-refractivity contribution in [2.45, 2.75) is 42.8 Å². The van der Waals surface area contributed by atoms with E-state index in [1.165, 1.54) is 23.3 Å². The molecule has 1 unspecified atom stereocenters. The second-order valence-electron chi connectivity index (χ2n) is 9.50. The van der Waals surface area contributed by atoms with Crippen molar-refractivity contribution in [2.75, 3.05) is 37.9 Å². The molecule has 1 aliphatic rings. The number of piperidine rings is 1. The molecule has 2 aromatic carbocycles. The van der Waals surface area contributed by atoms with Gasteiger partial charge in [0.1, 0.15) is 11.6 Å². The van der Waals surface area contributed by atoms with Gasteiger partial charge in [-0.15, -0.1) is 11.8 Å². The predicted molar refractivity (Wildman–Crippen MR) is 148 cm³/mol. The zero-order valence-electron chi connectivity index (χ0n) is 21.2. The number of aromatic nitrogens is 4. The Hall–Kier alpha value is -3.30. The largest absolute Gasteiger partial charge is 0.495 e. The summed E-state index contributed by atoms with van der Waals surface area (Å²) in [4.78, 5) is 13.0. The summed E-state index contributed by atoms with van der Waals surface area (Å²) in [6.45, 7) is 6.61. The summed E-state index contributed by atoms with van der Waals surface area (Å²) in [6, 6.07) is 14.6. The van der Waals surface area contributed by atoms with Gasteiger partial charge in [0.25, 0.3) is 0 Å². The van der Waals surface area contributed by atoms with E-state index in [4.69, 9.17) is 9.72 Å². The highest BCUT2D eigenvalue weighted by molar-refractivity contribution is 8.00. The third-order valence-corrected chi connectivity index (χ3v) is 7.46. The number of fused-ring (bicyclic) bond motifs is 1. The lowest BCUT2D eigenvalue weighted by Crippen LogP contribution is -2.30. The van der Waals surface area contributed by atoms with E-state index in [0.29, 0.717) is 28.6 Å². The molecule has 0 bridgehead atoms. The number of anilines is 4. The molecular weight excluding hydrogens is 470 g/mol. The number of likely N-dealkylation sites (N-methyl/N-ethyl adjacent to an activating group) is 1. The van der Waals surface area contributed by atoms with E-state index in [1.54, 1.807) is 13.3 Å². The van der Waals surface area contributed by atoms with Gasteiger partial charge in [0.15, 0.2) is 5.65 Å². The summed E-state index contributed by atoms with van der Waals surface area (Å²) in [5.41, 5.74) is 3.79. The van der Waals surface area contributed by atoms with E-state index in [1.807, 2.05) is 17.8 Å². The van der Waals surface area contributed by atoms with Crippen LogP contribution in [0.4, 0.5) is 23.1 Å². The molecule has 1 aliphatic heterocycles. The molecule has 3 N–H and O–H groups in total. The van der Waals surface area contributed by atoms with Gasteiger partial charge in [0.05, 0.1) is 30.1 Å². The maximum atomic E-state index is 5.76. The number of thioether (sulfide) groups is 1. The first-order valence-electron chi connectivity index (χ1n) is 12.4. The van der Waals surface area contributed by atoms with Gasteiger partial charge in [-0.25, -0.2) is 0 Å². The molecule has 1 saturated heterocycles. The predicted octanol–water partition coefficient (Wildman–Crippen LogP) is 6.16. The van der Waals surface area contributed by atoms with E-state index >= 15 is 0 Å². The van der Waals surface area contributed by atoms with Crippen molar-refractivity contribution >= 4 is 45.9 Å². The van der Waals surface area contributed by atoms with Gasteiger partial charge < -0.3 is 20.3 Å². The molecule has 0 aliphatic carbocycles. The number of nitrogens with one attached hydrogen (secondary N) is 3. The van der Waals surface area contributed by atoms with Gasteiger partial charge in [-0.2, -0.15) is 15.1 Å². The fraction of sp³-hybridized carbons (Fsp3) is 0.370. The number of hydrogen-bond donors (Lipinski definition) is 3. The minimum Gasteiger partial charge on any atom is -0.495 e.